The van der Waals surface area contributed by atoms with E-state index >= 15 is 0 Å². The van der Waals surface area contributed by atoms with Crippen molar-refractivity contribution >= 4 is 47.4 Å². The minimum absolute atomic E-state index is 0.138. The molecule has 4 amide bonds. The number of methoxy groups -OCH3 is 1. The lowest BCUT2D eigenvalue weighted by molar-refractivity contribution is -0.230. The Labute approximate surface area is 333 Å². The Morgan fingerprint density at radius 1 is 1.16 bits per heavy atom. The lowest BCUT2D eigenvalue weighted by atomic mass is 9.89. The number of primary amides is 1. The van der Waals surface area contributed by atoms with Crippen molar-refractivity contribution in [3.05, 3.63) is 58.2 Å². The first-order valence-electron chi connectivity index (χ1n) is 17.9. The minimum Gasteiger partial charge on any atom is -0.506 e. The zero-order valence-corrected chi connectivity index (χ0v) is 32.9. The fourth-order valence-electron chi connectivity index (χ4n) is 6.82. The van der Waals surface area contributed by atoms with Crippen molar-refractivity contribution < 1.29 is 72.8 Å². The van der Waals surface area contributed by atoms with Crippen molar-refractivity contribution in [2.75, 3.05) is 25.7 Å². The van der Waals surface area contributed by atoms with Gasteiger partial charge >= 0.3 is 24.2 Å². The molecule has 0 aromatic heterocycles. The molecular weight excluding hydrogens is 776 g/mol. The summed E-state index contributed by atoms with van der Waals surface area (Å²) in [6.07, 6.45) is -9.89. The Kier molecular flexibility index (Phi) is 14.9. The molecule has 314 valence electrons. The molecular formula is C37H49ClN4O15. The van der Waals surface area contributed by atoms with Crippen LogP contribution in [0, 0.1) is 5.92 Å². The second kappa shape index (κ2) is 19.0. The van der Waals surface area contributed by atoms with Gasteiger partial charge in [-0.05, 0) is 43.5 Å². The van der Waals surface area contributed by atoms with E-state index in [2.05, 4.69) is 10.6 Å². The molecule has 3 aliphatic heterocycles. The highest BCUT2D eigenvalue weighted by Crippen LogP contribution is 2.40. The van der Waals surface area contributed by atoms with Crippen molar-refractivity contribution in [2.45, 2.75) is 102 Å². The number of aliphatic hydroxyl groups is 3. The number of phenols is 1. The predicted octanol–water partition coefficient (Wildman–Crippen LogP) is 1.81. The van der Waals surface area contributed by atoms with Crippen molar-refractivity contribution in [2.24, 2.45) is 11.7 Å². The first-order chi connectivity index (χ1) is 26.8. The average Bonchev–Trinajstić information content (AvgIpc) is 3.12. The summed E-state index contributed by atoms with van der Waals surface area (Å²) < 4.78 is 32.9. The smallest absolute Gasteiger partial charge is 0.409 e. The van der Waals surface area contributed by atoms with Crippen molar-refractivity contribution in [3.63, 3.8) is 0 Å². The molecule has 1 aromatic carbocycles. The number of benzene rings is 1. The van der Waals surface area contributed by atoms with Crippen LogP contribution in [0.2, 0.25) is 5.02 Å². The number of aliphatic hydroxyl groups excluding tert-OH is 2. The number of carbonyl (C=O) groups excluding carboxylic acids is 5. The van der Waals surface area contributed by atoms with Crippen LogP contribution in [0.1, 0.15) is 46.1 Å². The number of carbonyl (C=O) groups is 5. The number of nitrogens with one attached hydrogen (secondary N) is 2. The number of halogens is 1. The summed E-state index contributed by atoms with van der Waals surface area (Å²) >= 11 is 6.68. The van der Waals surface area contributed by atoms with Crippen LogP contribution < -0.4 is 21.3 Å². The highest BCUT2D eigenvalue weighted by Gasteiger charge is 2.51. The number of nitrogens with zero attached hydrogens (tertiary/aromatic N) is 1. The van der Waals surface area contributed by atoms with E-state index in [1.165, 1.54) is 26.3 Å². The van der Waals surface area contributed by atoms with Gasteiger partial charge < -0.3 is 59.9 Å². The molecule has 20 heteroatoms. The Balaban J connectivity index is 1.93. The zero-order valence-electron chi connectivity index (χ0n) is 32.2. The molecule has 10 atom stereocenters. The average molecular weight is 825 g/mol. The minimum atomic E-state index is -2.06. The Morgan fingerprint density at radius 2 is 1.86 bits per heavy atom. The molecule has 3 heterocycles. The quantitative estimate of drug-likeness (QED) is 0.122. The molecule has 0 saturated carbocycles. The number of anilines is 1. The van der Waals surface area contributed by atoms with E-state index in [1.54, 1.807) is 45.1 Å². The van der Waals surface area contributed by atoms with Crippen LogP contribution >= 0.6 is 11.6 Å². The number of alkyl carbamates (subject to hydrolysis) is 2. The van der Waals surface area contributed by atoms with Crippen LogP contribution in [0.5, 0.6) is 5.75 Å². The molecule has 4 bridgehead atoms. The standard InChI is InChI=1S/C37H49ClN4O15/c1-17-8-7-9-27(52-6)37(51)15-25(56-36(50)41-37)19(3)11-18(2)24(55-35(49)40-5)14-28(45)42(22-12-21(10-17)13-23(44)29(22)38)33-31(47)30(46)32(57-34(39)48)26(54-33)16-53-20(4)43/h7-9,11-13,19,24-27,30-33,44,46-47,51H,10,14-16H2,1-6H3,(H2,39,48)(H,40,49)(H,41,50)/b9-7+,17-8+,18-11?/t19-,24-,25-,26-,27+,30-,31-,32-,33-,37-/m0/s1. The molecule has 3 aliphatic rings. The van der Waals surface area contributed by atoms with E-state index in [-0.39, 0.29) is 29.1 Å². The van der Waals surface area contributed by atoms with E-state index in [1.807, 2.05) is 0 Å². The van der Waals surface area contributed by atoms with Gasteiger partial charge in [-0.3, -0.25) is 19.8 Å². The van der Waals surface area contributed by atoms with Gasteiger partial charge in [-0.2, -0.15) is 0 Å². The molecule has 2 fully saturated rings. The Hall–Kier alpha value is -4.92. The van der Waals surface area contributed by atoms with Gasteiger partial charge in [0.25, 0.3) is 0 Å². The summed E-state index contributed by atoms with van der Waals surface area (Å²) in [6.45, 7) is 5.44. The number of hydrogen-bond acceptors (Lipinski definition) is 15. The van der Waals surface area contributed by atoms with Gasteiger partial charge in [0.05, 0.1) is 12.1 Å². The molecule has 19 nitrogen and oxygen atoms in total. The Bertz CT molecular complexity index is 1790. The normalized spacial score (nSPS) is 32.7. The van der Waals surface area contributed by atoms with Crippen molar-refractivity contribution in [1.29, 1.82) is 0 Å². The number of ether oxygens (including phenoxy) is 6. The maximum absolute atomic E-state index is 14.7. The summed E-state index contributed by atoms with van der Waals surface area (Å²) in [7, 11) is 2.66. The van der Waals surface area contributed by atoms with E-state index in [0.29, 0.717) is 11.1 Å². The summed E-state index contributed by atoms with van der Waals surface area (Å²) in [4.78, 5) is 64.6. The second-order valence-corrected chi connectivity index (χ2v) is 14.4. The lowest BCUT2D eigenvalue weighted by Gasteiger charge is -2.46. The summed E-state index contributed by atoms with van der Waals surface area (Å²) in [5.74, 6) is -2.84. The molecule has 4 rings (SSSR count). The maximum Gasteiger partial charge on any atom is 0.409 e. The Morgan fingerprint density at radius 3 is 2.49 bits per heavy atom. The number of hydrogen-bond donors (Lipinski definition) is 7. The molecule has 57 heavy (non-hydrogen) atoms. The fraction of sp³-hybridized carbons (Fsp3) is 0.541. The van der Waals surface area contributed by atoms with Crippen LogP contribution in [0.4, 0.5) is 20.1 Å². The zero-order chi connectivity index (χ0) is 42.4. The van der Waals surface area contributed by atoms with Crippen molar-refractivity contribution in [1.82, 2.24) is 10.6 Å². The monoisotopic (exact) mass is 824 g/mol. The summed E-state index contributed by atoms with van der Waals surface area (Å²) in [6, 6.07) is 2.77. The largest absolute Gasteiger partial charge is 0.506 e. The number of aromatic hydroxyl groups is 1. The van der Waals surface area contributed by atoms with Crippen molar-refractivity contribution in [3.8, 4) is 5.75 Å². The van der Waals surface area contributed by atoms with Crippen LogP contribution in [0.25, 0.3) is 0 Å². The summed E-state index contributed by atoms with van der Waals surface area (Å²) in [5.41, 5.74) is 4.47. The highest BCUT2D eigenvalue weighted by molar-refractivity contribution is 6.35. The topological polar surface area (TPSA) is 275 Å². The van der Waals surface area contributed by atoms with E-state index < -0.39 is 110 Å². The van der Waals surface area contributed by atoms with Gasteiger partial charge in [-0.25, -0.2) is 14.4 Å². The molecule has 0 unspecified atom stereocenters. The first-order valence-corrected chi connectivity index (χ1v) is 18.2. The number of rotatable bonds is 6. The van der Waals surface area contributed by atoms with Crippen LogP contribution in [0.3, 0.4) is 0 Å². The highest BCUT2D eigenvalue weighted by atomic mass is 35.5. The molecule has 1 aromatic rings. The van der Waals surface area contributed by atoms with Gasteiger partial charge in [0.15, 0.2) is 18.1 Å². The SMILES string of the molecule is CNC(=O)O[C@H]1CC(=O)N([C@H]2O[C@@H](COC(C)=O)[C@H](OC(N)=O)[C@@H](O)[C@@H]2O)c2cc(cc(O)c2Cl)C/C(C)=C/C=C/[C@@H](OC)[C@@]2(O)C[C@H](OC(=O)N2)[C@@H](C)C=C1C. The van der Waals surface area contributed by atoms with E-state index in [9.17, 15) is 44.4 Å². The number of nitrogens with two attached hydrogens (primary N) is 1. The van der Waals surface area contributed by atoms with Crippen LogP contribution in [-0.2, 0) is 44.4 Å². The fourth-order valence-corrected chi connectivity index (χ4v) is 7.02. The van der Waals surface area contributed by atoms with Gasteiger partial charge in [-0.1, -0.05) is 48.4 Å². The number of fused-ring (bicyclic) bond motifs is 4. The van der Waals surface area contributed by atoms with Gasteiger partial charge in [-0.15, -0.1) is 0 Å². The number of esters is 1. The number of allylic oxidation sites excluding steroid dienone is 3. The van der Waals surface area contributed by atoms with Crippen LogP contribution in [0.15, 0.2) is 47.6 Å². The molecule has 8 N–H and O–H groups in total. The second-order valence-electron chi connectivity index (χ2n) is 14.0. The maximum atomic E-state index is 14.7. The molecule has 2 saturated heterocycles. The first kappa shape index (κ1) is 44.8. The number of phenolic OH excluding ortho intramolecular Hbond substituents is 1. The van der Waals surface area contributed by atoms with Gasteiger partial charge in [0, 0.05) is 33.4 Å². The summed E-state index contributed by atoms with van der Waals surface area (Å²) in [5, 5.41) is 49.9. The van der Waals surface area contributed by atoms with Gasteiger partial charge in [0.2, 0.25) is 5.91 Å². The molecule has 0 aliphatic carbocycles. The third-order valence-electron chi connectivity index (χ3n) is 9.64. The third-order valence-corrected chi connectivity index (χ3v) is 10.0. The van der Waals surface area contributed by atoms with E-state index in [0.717, 1.165) is 11.8 Å². The third kappa shape index (κ3) is 10.9. The molecule has 0 radical (unpaired) electrons. The molecule has 0 spiro atoms. The lowest BCUT2D eigenvalue weighted by Crippen LogP contribution is -2.65. The van der Waals surface area contributed by atoms with Crippen LogP contribution in [-0.4, -0.2) is 126 Å². The van der Waals surface area contributed by atoms with Gasteiger partial charge in [0.1, 0.15) is 54.0 Å². The number of amides is 4. The van der Waals surface area contributed by atoms with E-state index in [4.69, 9.17) is 45.8 Å². The predicted molar refractivity (Wildman–Crippen MR) is 200 cm³/mol.